The van der Waals surface area contributed by atoms with Gasteiger partial charge < -0.3 is 10.1 Å². The van der Waals surface area contributed by atoms with Gasteiger partial charge in [-0.1, -0.05) is 30.3 Å². The molecule has 1 amide bonds. The normalized spacial score (nSPS) is 10.2. The van der Waals surface area contributed by atoms with Crippen molar-refractivity contribution in [3.63, 3.8) is 0 Å². The van der Waals surface area contributed by atoms with Crippen LogP contribution in [-0.2, 0) is 17.7 Å². The van der Waals surface area contributed by atoms with Gasteiger partial charge in [0, 0.05) is 11.3 Å². The molecule has 0 bridgehead atoms. The zero-order valence-electron chi connectivity index (χ0n) is 11.0. The van der Waals surface area contributed by atoms with Gasteiger partial charge in [0.25, 0.3) is 0 Å². The van der Waals surface area contributed by atoms with Gasteiger partial charge in [0.2, 0.25) is 0 Å². The van der Waals surface area contributed by atoms with E-state index in [1.165, 1.54) is 17.6 Å². The van der Waals surface area contributed by atoms with Crippen molar-refractivity contribution in [3.05, 3.63) is 51.5 Å². The summed E-state index contributed by atoms with van der Waals surface area (Å²) >= 11 is 1.63. The second-order valence-corrected chi connectivity index (χ2v) is 5.29. The lowest BCUT2D eigenvalue weighted by molar-refractivity contribution is 0.170. The molecule has 4 nitrogen and oxygen atoms in total. The Morgan fingerprint density at radius 2 is 2.11 bits per heavy atom. The van der Waals surface area contributed by atoms with Crippen molar-refractivity contribution in [3.8, 4) is 0 Å². The van der Waals surface area contributed by atoms with Gasteiger partial charge in [-0.3, -0.25) is 0 Å². The first-order valence-electron chi connectivity index (χ1n) is 6.00. The molecule has 0 saturated heterocycles. The first kappa shape index (κ1) is 13.5. The molecule has 0 atom stereocenters. The van der Waals surface area contributed by atoms with E-state index in [1.807, 2.05) is 25.1 Å². The second kappa shape index (κ2) is 6.33. The summed E-state index contributed by atoms with van der Waals surface area (Å²) in [5.41, 5.74) is 2.29. The minimum absolute atomic E-state index is 0.410. The summed E-state index contributed by atoms with van der Waals surface area (Å²) in [7, 11) is 1.35. The van der Waals surface area contributed by atoms with E-state index in [2.05, 4.69) is 27.2 Å². The third-order valence-electron chi connectivity index (χ3n) is 2.71. The van der Waals surface area contributed by atoms with E-state index in [-0.39, 0.29) is 0 Å². The summed E-state index contributed by atoms with van der Waals surface area (Å²) in [5, 5.41) is 3.54. The molecule has 0 aliphatic carbocycles. The lowest BCUT2D eigenvalue weighted by Crippen LogP contribution is -2.22. The largest absolute Gasteiger partial charge is 0.453 e. The number of hydrogen-bond acceptors (Lipinski definition) is 4. The average molecular weight is 276 g/mol. The average Bonchev–Trinajstić information content (AvgIpc) is 2.78. The Kier molecular flexibility index (Phi) is 4.52. The Labute approximate surface area is 116 Å². The molecule has 2 rings (SSSR count). The predicted octanol–water partition coefficient (Wildman–Crippen LogP) is 2.90. The Balaban J connectivity index is 2.02. The molecule has 1 heterocycles. The van der Waals surface area contributed by atoms with Crippen molar-refractivity contribution >= 4 is 17.4 Å². The minimum Gasteiger partial charge on any atom is -0.453 e. The van der Waals surface area contributed by atoms with Crippen LogP contribution in [0.25, 0.3) is 0 Å². The highest BCUT2D eigenvalue weighted by Gasteiger charge is 2.09. The van der Waals surface area contributed by atoms with Crippen molar-refractivity contribution in [1.29, 1.82) is 0 Å². The summed E-state index contributed by atoms with van der Waals surface area (Å²) in [6.45, 7) is 2.41. The third kappa shape index (κ3) is 3.79. The number of alkyl carbamates (subject to hydrolysis) is 1. The van der Waals surface area contributed by atoms with E-state index in [9.17, 15) is 4.79 Å². The first-order valence-corrected chi connectivity index (χ1v) is 6.81. The van der Waals surface area contributed by atoms with Crippen LogP contribution in [-0.4, -0.2) is 18.2 Å². The van der Waals surface area contributed by atoms with Gasteiger partial charge in [0.15, 0.2) is 0 Å². The van der Waals surface area contributed by atoms with Crippen molar-refractivity contribution < 1.29 is 9.53 Å². The smallest absolute Gasteiger partial charge is 0.407 e. The minimum atomic E-state index is -0.433. The van der Waals surface area contributed by atoms with E-state index in [1.54, 1.807) is 11.3 Å². The molecule has 2 aromatic rings. The molecular weight excluding hydrogens is 260 g/mol. The number of hydrogen-bond donors (Lipinski definition) is 1. The number of rotatable bonds is 4. The van der Waals surface area contributed by atoms with Crippen LogP contribution in [0.2, 0.25) is 0 Å². The second-order valence-electron chi connectivity index (χ2n) is 4.12. The van der Waals surface area contributed by atoms with Crippen LogP contribution in [0, 0.1) is 6.92 Å². The Bertz CT molecular complexity index is 552. The van der Waals surface area contributed by atoms with Gasteiger partial charge in [-0.05, 0) is 12.5 Å². The highest BCUT2D eigenvalue weighted by molar-refractivity contribution is 7.11. The van der Waals surface area contributed by atoms with Gasteiger partial charge in [0.1, 0.15) is 5.01 Å². The number of carbonyl (C=O) groups excluding carboxylic acids is 1. The number of methoxy groups -OCH3 is 1. The molecule has 5 heteroatoms. The van der Waals surface area contributed by atoms with Gasteiger partial charge in [-0.15, -0.1) is 11.3 Å². The van der Waals surface area contributed by atoms with Crippen molar-refractivity contribution in [2.45, 2.75) is 19.9 Å². The van der Waals surface area contributed by atoms with Gasteiger partial charge >= 0.3 is 6.09 Å². The van der Waals surface area contributed by atoms with E-state index in [0.717, 1.165) is 17.1 Å². The third-order valence-corrected chi connectivity index (χ3v) is 3.87. The highest BCUT2D eigenvalue weighted by Crippen LogP contribution is 2.21. The fraction of sp³-hybridized carbons (Fsp3) is 0.286. The molecule has 0 spiro atoms. The molecule has 0 fully saturated rings. The van der Waals surface area contributed by atoms with Crippen molar-refractivity contribution in [1.82, 2.24) is 10.3 Å². The molecule has 19 heavy (non-hydrogen) atoms. The lowest BCUT2D eigenvalue weighted by Gasteiger charge is -1.99. The summed E-state index contributed by atoms with van der Waals surface area (Å²) in [4.78, 5) is 16.7. The first-order chi connectivity index (χ1) is 9.19. The fourth-order valence-electron chi connectivity index (χ4n) is 1.73. The molecule has 1 aromatic heterocycles. The molecule has 0 saturated carbocycles. The summed E-state index contributed by atoms with van der Waals surface area (Å²) in [6, 6.07) is 10.3. The zero-order chi connectivity index (χ0) is 13.7. The lowest BCUT2D eigenvalue weighted by atomic mass is 10.1. The van der Waals surface area contributed by atoms with E-state index < -0.39 is 6.09 Å². The number of benzene rings is 1. The Morgan fingerprint density at radius 3 is 2.79 bits per heavy atom. The quantitative estimate of drug-likeness (QED) is 0.934. The summed E-state index contributed by atoms with van der Waals surface area (Å²) < 4.78 is 4.53. The maximum atomic E-state index is 11.0. The number of thiazole rings is 1. The van der Waals surface area contributed by atoms with Crippen molar-refractivity contribution in [2.75, 3.05) is 7.11 Å². The maximum Gasteiger partial charge on any atom is 0.407 e. The van der Waals surface area contributed by atoms with Gasteiger partial charge in [0.05, 0.1) is 19.3 Å². The van der Waals surface area contributed by atoms with E-state index in [4.69, 9.17) is 0 Å². The number of ether oxygens (including phenoxy) is 1. The van der Waals surface area contributed by atoms with Crippen molar-refractivity contribution in [2.24, 2.45) is 0 Å². The van der Waals surface area contributed by atoms with Gasteiger partial charge in [-0.2, -0.15) is 0 Å². The highest BCUT2D eigenvalue weighted by atomic mass is 32.1. The number of amides is 1. The van der Waals surface area contributed by atoms with E-state index >= 15 is 0 Å². The monoisotopic (exact) mass is 276 g/mol. The molecule has 0 radical (unpaired) electrons. The zero-order valence-corrected chi connectivity index (χ0v) is 11.8. The number of nitrogens with one attached hydrogen (secondary N) is 1. The number of carbonyl (C=O) groups is 1. The molecule has 1 aromatic carbocycles. The molecule has 0 aliphatic rings. The Hall–Kier alpha value is -1.88. The number of aryl methyl sites for hydroxylation is 1. The van der Waals surface area contributed by atoms with Crippen LogP contribution in [0.15, 0.2) is 30.3 Å². The standard InChI is InChI=1S/C14H16N2O2S/c1-10-12(8-11-6-4-3-5-7-11)19-13(16-10)9-15-14(17)18-2/h3-7H,8-9H2,1-2H3,(H,15,17). The molecule has 0 aliphatic heterocycles. The summed E-state index contributed by atoms with van der Waals surface area (Å²) in [6.07, 6.45) is 0.445. The predicted molar refractivity (Wildman–Crippen MR) is 75.3 cm³/mol. The van der Waals surface area contributed by atoms with Crippen LogP contribution in [0.1, 0.15) is 21.1 Å². The Morgan fingerprint density at radius 1 is 1.37 bits per heavy atom. The van der Waals surface area contributed by atoms with Crippen LogP contribution >= 0.6 is 11.3 Å². The number of nitrogens with zero attached hydrogens (tertiary/aromatic N) is 1. The molecular formula is C14H16N2O2S. The van der Waals surface area contributed by atoms with Crippen LogP contribution in [0.5, 0.6) is 0 Å². The van der Waals surface area contributed by atoms with Crippen LogP contribution < -0.4 is 5.32 Å². The van der Waals surface area contributed by atoms with Crippen LogP contribution in [0.3, 0.4) is 0 Å². The number of aromatic nitrogens is 1. The SMILES string of the molecule is COC(=O)NCc1nc(C)c(Cc2ccccc2)s1. The topological polar surface area (TPSA) is 51.2 Å². The molecule has 100 valence electrons. The van der Waals surface area contributed by atoms with E-state index in [0.29, 0.717) is 6.54 Å². The summed E-state index contributed by atoms with van der Waals surface area (Å²) in [5.74, 6) is 0. The maximum absolute atomic E-state index is 11.0. The molecule has 0 unspecified atom stereocenters. The van der Waals surface area contributed by atoms with Crippen LogP contribution in [0.4, 0.5) is 4.79 Å². The fourth-order valence-corrected chi connectivity index (χ4v) is 2.77. The molecule has 1 N–H and O–H groups in total. The van der Waals surface area contributed by atoms with Gasteiger partial charge in [-0.25, -0.2) is 9.78 Å².